The van der Waals surface area contributed by atoms with E-state index in [-0.39, 0.29) is 23.8 Å². The topological polar surface area (TPSA) is 49.4 Å². The first-order valence-electron chi connectivity index (χ1n) is 11.3. The molecule has 0 heterocycles. The second-order valence-electron chi connectivity index (χ2n) is 10.6. The van der Waals surface area contributed by atoms with Gasteiger partial charge in [-0.05, 0) is 68.4 Å². The van der Waals surface area contributed by atoms with E-state index in [1.165, 1.54) is 5.56 Å². The maximum absolute atomic E-state index is 13.3. The first-order chi connectivity index (χ1) is 15.2. The molecular formula is C27H36Cl2N2O2. The van der Waals surface area contributed by atoms with Gasteiger partial charge < -0.3 is 10.2 Å². The monoisotopic (exact) mass is 490 g/mol. The molecule has 0 bridgehead atoms. The largest absolute Gasteiger partial charge is 0.350 e. The number of carbonyl (C=O) groups is 2. The van der Waals surface area contributed by atoms with Gasteiger partial charge in [-0.3, -0.25) is 9.59 Å². The number of halogens is 2. The van der Waals surface area contributed by atoms with E-state index >= 15 is 0 Å². The third-order valence-electron chi connectivity index (χ3n) is 5.47. The Morgan fingerprint density at radius 3 is 2.09 bits per heavy atom. The van der Waals surface area contributed by atoms with Crippen LogP contribution in [-0.4, -0.2) is 28.3 Å². The molecule has 0 radical (unpaired) electrons. The van der Waals surface area contributed by atoms with E-state index in [1.807, 2.05) is 20.8 Å². The lowest BCUT2D eigenvalue weighted by molar-refractivity contribution is -0.141. The Kier molecular flexibility index (Phi) is 9.01. The number of nitrogens with one attached hydrogen (secondary N) is 1. The molecule has 2 aromatic carbocycles. The summed E-state index contributed by atoms with van der Waals surface area (Å²) in [7, 11) is 0. The summed E-state index contributed by atoms with van der Waals surface area (Å²) >= 11 is 12.4. The molecule has 0 saturated heterocycles. The SMILES string of the molecule is CC(C(=O)NC(C)(C)C)N(Cc1ccc(Cl)cc1Cl)C(=O)CCc1ccc(C(C)(C)C)cc1. The summed E-state index contributed by atoms with van der Waals surface area (Å²) in [6.07, 6.45) is 0.898. The van der Waals surface area contributed by atoms with Crippen molar-refractivity contribution in [2.75, 3.05) is 0 Å². The van der Waals surface area contributed by atoms with Crippen LogP contribution in [0.1, 0.15) is 71.6 Å². The molecule has 1 N–H and O–H groups in total. The van der Waals surface area contributed by atoms with Gasteiger partial charge >= 0.3 is 0 Å². The van der Waals surface area contributed by atoms with E-state index in [0.29, 0.717) is 22.9 Å². The summed E-state index contributed by atoms with van der Waals surface area (Å²) in [6, 6.07) is 12.9. The Hall–Kier alpha value is -2.04. The van der Waals surface area contributed by atoms with E-state index in [9.17, 15) is 9.59 Å². The summed E-state index contributed by atoms with van der Waals surface area (Å²) < 4.78 is 0. The van der Waals surface area contributed by atoms with Crippen molar-refractivity contribution in [3.63, 3.8) is 0 Å². The third-order valence-corrected chi connectivity index (χ3v) is 6.06. The van der Waals surface area contributed by atoms with Crippen LogP contribution in [0.25, 0.3) is 0 Å². The average molecular weight is 492 g/mol. The molecule has 33 heavy (non-hydrogen) atoms. The van der Waals surface area contributed by atoms with Gasteiger partial charge in [0, 0.05) is 28.5 Å². The highest BCUT2D eigenvalue weighted by molar-refractivity contribution is 6.35. The van der Waals surface area contributed by atoms with Gasteiger partial charge in [0.05, 0.1) is 0 Å². The molecule has 0 aliphatic rings. The molecule has 2 rings (SSSR count). The second kappa shape index (κ2) is 10.9. The molecule has 1 atom stereocenters. The van der Waals surface area contributed by atoms with Crippen LogP contribution in [0.5, 0.6) is 0 Å². The molecule has 0 aliphatic heterocycles. The minimum absolute atomic E-state index is 0.0822. The lowest BCUT2D eigenvalue weighted by atomic mass is 9.86. The Morgan fingerprint density at radius 2 is 1.58 bits per heavy atom. The van der Waals surface area contributed by atoms with Gasteiger partial charge in [0.2, 0.25) is 11.8 Å². The molecular weight excluding hydrogens is 455 g/mol. The molecule has 4 nitrogen and oxygen atoms in total. The zero-order valence-electron chi connectivity index (χ0n) is 20.8. The summed E-state index contributed by atoms with van der Waals surface area (Å²) in [4.78, 5) is 27.8. The van der Waals surface area contributed by atoms with Crippen molar-refractivity contribution >= 4 is 35.0 Å². The lowest BCUT2D eigenvalue weighted by Gasteiger charge is -2.32. The van der Waals surface area contributed by atoms with Crippen molar-refractivity contribution in [1.82, 2.24) is 10.2 Å². The zero-order chi connectivity index (χ0) is 25.0. The van der Waals surface area contributed by atoms with Crippen molar-refractivity contribution in [3.8, 4) is 0 Å². The Labute approximate surface area is 208 Å². The smallest absolute Gasteiger partial charge is 0.242 e. The molecule has 2 aromatic rings. The number of hydrogen-bond acceptors (Lipinski definition) is 2. The van der Waals surface area contributed by atoms with Gasteiger partial charge in [0.15, 0.2) is 0 Å². The fraction of sp³-hybridized carbons (Fsp3) is 0.481. The van der Waals surface area contributed by atoms with Gasteiger partial charge in [-0.2, -0.15) is 0 Å². The first kappa shape index (κ1) is 27.2. The van der Waals surface area contributed by atoms with E-state index in [2.05, 4.69) is 50.4 Å². The van der Waals surface area contributed by atoms with Crippen LogP contribution in [0, 0.1) is 0 Å². The number of hydrogen-bond donors (Lipinski definition) is 1. The highest BCUT2D eigenvalue weighted by atomic mass is 35.5. The van der Waals surface area contributed by atoms with E-state index in [0.717, 1.165) is 11.1 Å². The van der Waals surface area contributed by atoms with E-state index in [4.69, 9.17) is 23.2 Å². The molecule has 0 fully saturated rings. The van der Waals surface area contributed by atoms with Crippen LogP contribution in [0.2, 0.25) is 10.0 Å². The van der Waals surface area contributed by atoms with Crippen LogP contribution in [0.15, 0.2) is 42.5 Å². The van der Waals surface area contributed by atoms with Crippen LogP contribution in [0.4, 0.5) is 0 Å². The molecule has 0 aromatic heterocycles. The van der Waals surface area contributed by atoms with Crippen molar-refractivity contribution in [3.05, 3.63) is 69.2 Å². The third kappa shape index (κ3) is 8.35. The van der Waals surface area contributed by atoms with Gasteiger partial charge in [-0.1, -0.05) is 74.3 Å². The van der Waals surface area contributed by atoms with Crippen LogP contribution in [-0.2, 0) is 28.0 Å². The molecule has 2 amide bonds. The summed E-state index contributed by atoms with van der Waals surface area (Å²) in [5, 5.41) is 3.97. The molecule has 1 unspecified atom stereocenters. The van der Waals surface area contributed by atoms with Crippen molar-refractivity contribution in [2.45, 2.75) is 84.8 Å². The molecule has 180 valence electrons. The minimum atomic E-state index is -0.647. The standard InChI is InChI=1S/C27H36Cl2N2O2/c1-18(25(33)30-27(5,6)7)31(17-20-11-14-22(28)16-23(20)29)24(32)15-10-19-8-12-21(13-9-19)26(2,3)4/h8-9,11-14,16,18H,10,15,17H2,1-7H3,(H,30,33). The zero-order valence-corrected chi connectivity index (χ0v) is 22.3. The number of rotatable bonds is 7. The number of carbonyl (C=O) groups excluding carboxylic acids is 2. The fourth-order valence-electron chi connectivity index (χ4n) is 3.46. The van der Waals surface area contributed by atoms with Crippen molar-refractivity contribution in [2.24, 2.45) is 0 Å². The molecule has 0 saturated carbocycles. The fourth-order valence-corrected chi connectivity index (χ4v) is 3.92. The van der Waals surface area contributed by atoms with Gasteiger partial charge in [-0.25, -0.2) is 0 Å². The van der Waals surface area contributed by atoms with Crippen molar-refractivity contribution < 1.29 is 9.59 Å². The van der Waals surface area contributed by atoms with Crippen molar-refractivity contribution in [1.29, 1.82) is 0 Å². The minimum Gasteiger partial charge on any atom is -0.350 e. The van der Waals surface area contributed by atoms with E-state index in [1.54, 1.807) is 30.0 Å². The van der Waals surface area contributed by atoms with Gasteiger partial charge in [0.1, 0.15) is 6.04 Å². The predicted octanol–water partition coefficient (Wildman–Crippen LogP) is 6.56. The van der Waals surface area contributed by atoms with Crippen LogP contribution >= 0.6 is 23.2 Å². The Morgan fingerprint density at radius 1 is 0.970 bits per heavy atom. The molecule has 0 spiro atoms. The number of amides is 2. The predicted molar refractivity (Wildman–Crippen MR) is 138 cm³/mol. The van der Waals surface area contributed by atoms with Gasteiger partial charge in [-0.15, -0.1) is 0 Å². The Bertz CT molecular complexity index is 973. The van der Waals surface area contributed by atoms with Crippen LogP contribution < -0.4 is 5.32 Å². The quantitative estimate of drug-likeness (QED) is 0.477. The normalized spacial score (nSPS) is 12.9. The summed E-state index contributed by atoms with van der Waals surface area (Å²) in [5.74, 6) is -0.298. The maximum Gasteiger partial charge on any atom is 0.242 e. The molecule has 6 heteroatoms. The highest BCUT2D eigenvalue weighted by Gasteiger charge is 2.28. The lowest BCUT2D eigenvalue weighted by Crippen LogP contribution is -2.52. The van der Waals surface area contributed by atoms with Crippen LogP contribution in [0.3, 0.4) is 0 Å². The molecule has 0 aliphatic carbocycles. The van der Waals surface area contributed by atoms with Gasteiger partial charge in [0.25, 0.3) is 0 Å². The first-order valence-corrected chi connectivity index (χ1v) is 12.1. The maximum atomic E-state index is 13.3. The Balaban J connectivity index is 2.20. The average Bonchev–Trinajstić information content (AvgIpc) is 2.69. The number of nitrogens with zero attached hydrogens (tertiary/aromatic N) is 1. The summed E-state index contributed by atoms with van der Waals surface area (Å²) in [5.41, 5.74) is 2.78. The number of aryl methyl sites for hydroxylation is 1. The summed E-state index contributed by atoms with van der Waals surface area (Å²) in [6.45, 7) is 14.3. The van der Waals surface area contributed by atoms with E-state index < -0.39 is 11.6 Å². The highest BCUT2D eigenvalue weighted by Crippen LogP contribution is 2.25. The number of benzene rings is 2. The second-order valence-corrected chi connectivity index (χ2v) is 11.5.